The van der Waals surface area contributed by atoms with E-state index in [1.54, 1.807) is 6.92 Å². The first kappa shape index (κ1) is 12.2. The third kappa shape index (κ3) is 3.02. The Labute approximate surface area is 90.0 Å². The Morgan fingerprint density at radius 1 is 1.27 bits per heavy atom. The summed E-state index contributed by atoms with van der Waals surface area (Å²) >= 11 is 0. The summed E-state index contributed by atoms with van der Waals surface area (Å²) in [6.07, 6.45) is -0.335. The van der Waals surface area contributed by atoms with Gasteiger partial charge in [0.15, 0.2) is 0 Å². The maximum atomic E-state index is 10.1. The van der Waals surface area contributed by atoms with Crippen LogP contribution in [0.2, 0.25) is 0 Å². The van der Waals surface area contributed by atoms with Crippen LogP contribution in [0.3, 0.4) is 0 Å². The van der Waals surface area contributed by atoms with Gasteiger partial charge in [-0.05, 0) is 12.0 Å². The first-order chi connectivity index (χ1) is 7.12. The van der Waals surface area contributed by atoms with E-state index in [0.717, 1.165) is 5.56 Å². The Morgan fingerprint density at radius 2 is 1.87 bits per heavy atom. The maximum Gasteiger partial charge on any atom is 0.106 e. The Balaban J connectivity index is 2.77. The van der Waals surface area contributed by atoms with Crippen LogP contribution < -0.4 is 0 Å². The predicted molar refractivity (Wildman–Crippen MR) is 58.5 cm³/mol. The van der Waals surface area contributed by atoms with E-state index in [-0.39, 0.29) is 0 Å². The average molecular weight is 210 g/mol. The van der Waals surface area contributed by atoms with Gasteiger partial charge in [0, 0.05) is 6.42 Å². The molecule has 2 atom stereocenters. The highest BCUT2D eigenvalue weighted by atomic mass is 16.4. The topological polar surface area (TPSA) is 60.7 Å². The molecule has 1 rings (SSSR count). The van der Waals surface area contributed by atoms with Gasteiger partial charge in [-0.3, -0.25) is 0 Å². The number of hydrogen-bond acceptors (Lipinski definition) is 3. The maximum absolute atomic E-state index is 10.1. The molecule has 3 nitrogen and oxygen atoms in total. The Morgan fingerprint density at radius 3 is 2.33 bits per heavy atom. The molecule has 2 unspecified atom stereocenters. The van der Waals surface area contributed by atoms with Crippen molar-refractivity contribution in [1.82, 2.24) is 0 Å². The number of aliphatic hydroxyl groups excluding tert-OH is 2. The van der Waals surface area contributed by atoms with Gasteiger partial charge in [-0.15, -0.1) is 0 Å². The molecule has 3 N–H and O–H groups in total. The van der Waals surface area contributed by atoms with Crippen LogP contribution in [-0.2, 0) is 6.42 Å². The van der Waals surface area contributed by atoms with Gasteiger partial charge < -0.3 is 15.3 Å². The zero-order valence-corrected chi connectivity index (χ0v) is 8.93. The molecule has 3 heteroatoms. The van der Waals surface area contributed by atoms with Crippen LogP contribution in [0.5, 0.6) is 0 Å². The van der Waals surface area contributed by atoms with Gasteiger partial charge in [-0.2, -0.15) is 0 Å². The molecule has 0 saturated carbocycles. The number of hydrogen-bond donors (Lipinski definition) is 3. The third-order valence-electron chi connectivity index (χ3n) is 2.76. The second-order valence-corrected chi connectivity index (χ2v) is 3.82. The van der Waals surface area contributed by atoms with Crippen LogP contribution in [0.15, 0.2) is 30.3 Å². The molecular formula is C12H18O3. The van der Waals surface area contributed by atoms with E-state index >= 15 is 0 Å². The second-order valence-electron chi connectivity index (χ2n) is 3.82. The molecule has 1 aromatic rings. The summed E-state index contributed by atoms with van der Waals surface area (Å²) in [5.41, 5.74) is -0.287. The third-order valence-corrected chi connectivity index (χ3v) is 2.76. The molecule has 0 spiro atoms. The monoisotopic (exact) mass is 210 g/mol. The quantitative estimate of drug-likeness (QED) is 0.671. The fourth-order valence-electron chi connectivity index (χ4n) is 1.60. The van der Waals surface area contributed by atoms with Gasteiger partial charge in [-0.25, -0.2) is 0 Å². The molecule has 1 aromatic carbocycles. The Bertz CT molecular complexity index is 286. The van der Waals surface area contributed by atoms with Crippen LogP contribution >= 0.6 is 0 Å². The summed E-state index contributed by atoms with van der Waals surface area (Å²) in [5, 5.41) is 28.5. The van der Waals surface area contributed by atoms with E-state index in [0.29, 0.717) is 12.8 Å². The van der Waals surface area contributed by atoms with E-state index < -0.39 is 18.3 Å². The molecule has 0 aliphatic heterocycles. The van der Waals surface area contributed by atoms with Crippen LogP contribution in [0, 0.1) is 0 Å². The number of benzene rings is 1. The summed E-state index contributed by atoms with van der Waals surface area (Å²) in [4.78, 5) is 0. The van der Waals surface area contributed by atoms with E-state index in [9.17, 15) is 10.2 Å². The zero-order valence-electron chi connectivity index (χ0n) is 8.93. The van der Waals surface area contributed by atoms with Crippen molar-refractivity contribution >= 4 is 0 Å². The molecule has 0 bridgehead atoms. The lowest BCUT2D eigenvalue weighted by molar-refractivity contribution is -0.0961. The highest BCUT2D eigenvalue weighted by Gasteiger charge is 2.33. The predicted octanol–water partition coefficient (Wildman–Crippen LogP) is 0.723. The fraction of sp³-hybridized carbons (Fsp3) is 0.500. The van der Waals surface area contributed by atoms with Gasteiger partial charge >= 0.3 is 0 Å². The van der Waals surface area contributed by atoms with Crippen LogP contribution in [0.25, 0.3) is 0 Å². The van der Waals surface area contributed by atoms with Gasteiger partial charge in [-0.1, -0.05) is 37.3 Å². The standard InChI is InChI=1S/C12H18O3/c1-2-12(15,11(14)9-13)8-10-6-4-3-5-7-10/h3-7,11,13-15H,2,8-9H2,1H3. The van der Waals surface area contributed by atoms with E-state index in [4.69, 9.17) is 5.11 Å². The van der Waals surface area contributed by atoms with E-state index in [2.05, 4.69) is 0 Å². The van der Waals surface area contributed by atoms with Crippen molar-refractivity contribution in [3.8, 4) is 0 Å². The molecule has 0 heterocycles. The highest BCUT2D eigenvalue weighted by molar-refractivity contribution is 5.17. The number of rotatable bonds is 5. The van der Waals surface area contributed by atoms with Gasteiger partial charge in [0.05, 0.1) is 12.2 Å². The largest absolute Gasteiger partial charge is 0.394 e. The zero-order chi connectivity index (χ0) is 11.3. The van der Waals surface area contributed by atoms with Gasteiger partial charge in [0.1, 0.15) is 6.10 Å². The van der Waals surface area contributed by atoms with Crippen molar-refractivity contribution in [1.29, 1.82) is 0 Å². The Hall–Kier alpha value is -0.900. The summed E-state index contributed by atoms with van der Waals surface area (Å²) in [5.74, 6) is 0. The minimum atomic E-state index is -1.24. The van der Waals surface area contributed by atoms with Crippen molar-refractivity contribution in [2.24, 2.45) is 0 Å². The average Bonchev–Trinajstić information content (AvgIpc) is 2.29. The molecular weight excluding hydrogens is 192 g/mol. The normalized spacial score (nSPS) is 17.1. The van der Waals surface area contributed by atoms with Crippen molar-refractivity contribution < 1.29 is 15.3 Å². The fourth-order valence-corrected chi connectivity index (χ4v) is 1.60. The highest BCUT2D eigenvalue weighted by Crippen LogP contribution is 2.21. The molecule has 0 amide bonds. The lowest BCUT2D eigenvalue weighted by Crippen LogP contribution is -2.45. The molecule has 0 aliphatic rings. The SMILES string of the molecule is CCC(O)(Cc1ccccc1)C(O)CO. The lowest BCUT2D eigenvalue weighted by Gasteiger charge is -2.31. The first-order valence-corrected chi connectivity index (χ1v) is 5.17. The molecule has 0 radical (unpaired) electrons. The number of aliphatic hydroxyl groups is 3. The molecule has 0 fully saturated rings. The molecule has 0 saturated heterocycles. The minimum Gasteiger partial charge on any atom is -0.394 e. The first-order valence-electron chi connectivity index (χ1n) is 5.17. The van der Waals surface area contributed by atoms with E-state index in [1.165, 1.54) is 0 Å². The molecule has 15 heavy (non-hydrogen) atoms. The van der Waals surface area contributed by atoms with Crippen molar-refractivity contribution in [2.75, 3.05) is 6.61 Å². The molecule has 0 aromatic heterocycles. The van der Waals surface area contributed by atoms with Crippen LogP contribution in [0.1, 0.15) is 18.9 Å². The summed E-state index contributed by atoms with van der Waals surface area (Å²) in [6, 6.07) is 9.46. The lowest BCUT2D eigenvalue weighted by atomic mass is 9.87. The van der Waals surface area contributed by atoms with Gasteiger partial charge in [0.25, 0.3) is 0 Å². The molecule has 84 valence electrons. The van der Waals surface area contributed by atoms with Gasteiger partial charge in [0.2, 0.25) is 0 Å². The van der Waals surface area contributed by atoms with Crippen LogP contribution in [0.4, 0.5) is 0 Å². The summed E-state index contributed by atoms with van der Waals surface area (Å²) in [7, 11) is 0. The second kappa shape index (κ2) is 5.26. The van der Waals surface area contributed by atoms with Crippen LogP contribution in [-0.4, -0.2) is 33.6 Å². The summed E-state index contributed by atoms with van der Waals surface area (Å²) < 4.78 is 0. The smallest absolute Gasteiger partial charge is 0.106 e. The van der Waals surface area contributed by atoms with Crippen molar-refractivity contribution in [2.45, 2.75) is 31.5 Å². The Kier molecular flexibility index (Phi) is 4.27. The molecule has 0 aliphatic carbocycles. The minimum absolute atomic E-state index is 0.353. The summed E-state index contributed by atoms with van der Waals surface area (Å²) in [6.45, 7) is 1.37. The van der Waals surface area contributed by atoms with E-state index in [1.807, 2.05) is 30.3 Å². The van der Waals surface area contributed by atoms with Crippen molar-refractivity contribution in [3.63, 3.8) is 0 Å². The van der Waals surface area contributed by atoms with Crippen molar-refractivity contribution in [3.05, 3.63) is 35.9 Å².